The van der Waals surface area contributed by atoms with Gasteiger partial charge in [0.05, 0.1) is 6.61 Å². The van der Waals surface area contributed by atoms with Crippen LogP contribution in [0, 0.1) is 16.0 Å². The lowest BCUT2D eigenvalue weighted by molar-refractivity contribution is -0.757. The molecule has 1 atom stereocenters. The monoisotopic (exact) mass is 284 g/mol. The summed E-state index contributed by atoms with van der Waals surface area (Å²) in [4.78, 5) is 25.0. The molecule has 1 unspecified atom stereocenters. The third-order valence-corrected chi connectivity index (χ3v) is 1.95. The smallest absolute Gasteiger partial charge is 0.305 e. The fourth-order valence-corrected chi connectivity index (χ4v) is 1.30. The second kappa shape index (κ2) is 11.0. The van der Waals surface area contributed by atoms with Gasteiger partial charge in [-0.05, 0) is 18.8 Å². The summed E-state index contributed by atoms with van der Waals surface area (Å²) in [6.45, 7) is 4.17. The van der Waals surface area contributed by atoms with Gasteiger partial charge in [0.2, 0.25) is 0 Å². The second-order valence-corrected chi connectivity index (χ2v) is 4.23. The molecule has 0 heterocycles. The van der Waals surface area contributed by atoms with E-state index < -0.39 is 11.1 Å². The first-order chi connectivity index (χ1) is 7.91. The lowest BCUT2D eigenvalue weighted by Crippen LogP contribution is -2.29. The molecular formula is C10H21ClN2O5. The fraction of sp³-hybridized carbons (Fsp3) is 0.900. The minimum Gasteiger partial charge on any atom is -0.464 e. The Morgan fingerprint density at radius 3 is 2.56 bits per heavy atom. The molecular weight excluding hydrogens is 264 g/mol. The van der Waals surface area contributed by atoms with Gasteiger partial charge in [-0.15, -0.1) is 22.5 Å². The van der Waals surface area contributed by atoms with E-state index in [-0.39, 0.29) is 44.5 Å². The first kappa shape index (κ1) is 19.3. The summed E-state index contributed by atoms with van der Waals surface area (Å²) in [6, 6.07) is -0.158. The van der Waals surface area contributed by atoms with Crippen molar-refractivity contribution < 1.29 is 19.5 Å². The van der Waals surface area contributed by atoms with Crippen molar-refractivity contribution in [2.45, 2.75) is 39.2 Å². The number of hydrogen-bond donors (Lipinski definition) is 1. The van der Waals surface area contributed by atoms with Crippen molar-refractivity contribution in [2.75, 3.05) is 13.2 Å². The van der Waals surface area contributed by atoms with Crippen molar-refractivity contribution in [3.8, 4) is 0 Å². The molecule has 8 heteroatoms. The summed E-state index contributed by atoms with van der Waals surface area (Å²) >= 11 is 0. The molecule has 0 bridgehead atoms. The molecule has 0 saturated carbocycles. The van der Waals surface area contributed by atoms with Crippen LogP contribution < -0.4 is 5.73 Å². The van der Waals surface area contributed by atoms with Gasteiger partial charge in [0.1, 0.15) is 6.61 Å². The van der Waals surface area contributed by atoms with Crippen molar-refractivity contribution >= 4 is 18.4 Å². The maximum atomic E-state index is 11.2. The molecule has 0 aromatic carbocycles. The molecule has 108 valence electrons. The molecule has 0 saturated heterocycles. The zero-order valence-electron chi connectivity index (χ0n) is 10.7. The zero-order valence-corrected chi connectivity index (χ0v) is 11.5. The van der Waals surface area contributed by atoms with Crippen LogP contribution in [0.1, 0.15) is 33.1 Å². The highest BCUT2D eigenvalue weighted by Gasteiger charge is 2.09. The highest BCUT2D eigenvalue weighted by Crippen LogP contribution is 2.03. The van der Waals surface area contributed by atoms with Crippen molar-refractivity contribution in [3.63, 3.8) is 0 Å². The number of esters is 1. The first-order valence-corrected chi connectivity index (χ1v) is 5.60. The standard InChI is InChI=1S/C10H20N2O5.ClH/c1-8(2)6-9(11)7-16-10(13)4-3-5-17-12(14)15;/h8-9H,3-7,11H2,1-2H3;1H. The summed E-state index contributed by atoms with van der Waals surface area (Å²) < 4.78 is 4.92. The minimum absolute atomic E-state index is 0. The van der Waals surface area contributed by atoms with Crippen molar-refractivity contribution in [2.24, 2.45) is 11.7 Å². The molecule has 0 aliphatic heterocycles. The molecule has 0 rings (SSSR count). The van der Waals surface area contributed by atoms with E-state index in [4.69, 9.17) is 10.5 Å². The van der Waals surface area contributed by atoms with Crippen LogP contribution in [0.3, 0.4) is 0 Å². The van der Waals surface area contributed by atoms with E-state index in [1.807, 2.05) is 13.8 Å². The van der Waals surface area contributed by atoms with E-state index in [0.717, 1.165) is 6.42 Å². The highest BCUT2D eigenvalue weighted by atomic mass is 35.5. The van der Waals surface area contributed by atoms with Gasteiger partial charge in [0, 0.05) is 12.5 Å². The van der Waals surface area contributed by atoms with Crippen molar-refractivity contribution in [1.29, 1.82) is 0 Å². The fourth-order valence-electron chi connectivity index (χ4n) is 1.30. The van der Waals surface area contributed by atoms with Crippen LogP contribution in [0.5, 0.6) is 0 Å². The van der Waals surface area contributed by atoms with Crippen LogP contribution in [0.2, 0.25) is 0 Å². The molecule has 2 N–H and O–H groups in total. The summed E-state index contributed by atoms with van der Waals surface area (Å²) in [5, 5.41) is 8.93. The van der Waals surface area contributed by atoms with Gasteiger partial charge in [0.15, 0.2) is 0 Å². The quantitative estimate of drug-likeness (QED) is 0.296. The predicted octanol–water partition coefficient (Wildman–Crippen LogP) is 1.31. The number of nitrogens with zero attached hydrogens (tertiary/aromatic N) is 1. The molecule has 0 radical (unpaired) electrons. The summed E-state index contributed by atoms with van der Waals surface area (Å²) in [6.07, 6.45) is 1.15. The van der Waals surface area contributed by atoms with Crippen LogP contribution >= 0.6 is 12.4 Å². The highest BCUT2D eigenvalue weighted by molar-refractivity contribution is 5.85. The lowest BCUT2D eigenvalue weighted by Gasteiger charge is -2.14. The molecule has 0 aliphatic carbocycles. The van der Waals surface area contributed by atoms with E-state index in [2.05, 4.69) is 4.84 Å². The largest absolute Gasteiger partial charge is 0.464 e. The van der Waals surface area contributed by atoms with Crippen molar-refractivity contribution in [1.82, 2.24) is 0 Å². The third kappa shape index (κ3) is 13.0. The molecule has 0 aromatic rings. The lowest BCUT2D eigenvalue weighted by atomic mass is 10.1. The molecule has 18 heavy (non-hydrogen) atoms. The van der Waals surface area contributed by atoms with E-state index >= 15 is 0 Å². The van der Waals surface area contributed by atoms with Gasteiger partial charge >= 0.3 is 5.97 Å². The van der Waals surface area contributed by atoms with Crippen LogP contribution in [0.25, 0.3) is 0 Å². The Labute approximate surface area is 113 Å². The summed E-state index contributed by atoms with van der Waals surface area (Å²) in [5.41, 5.74) is 5.73. The van der Waals surface area contributed by atoms with E-state index in [9.17, 15) is 14.9 Å². The van der Waals surface area contributed by atoms with Crippen LogP contribution in [-0.4, -0.2) is 30.3 Å². The Morgan fingerprint density at radius 1 is 1.44 bits per heavy atom. The number of carbonyl (C=O) groups excluding carboxylic acids is 1. The number of hydrogen-bond acceptors (Lipinski definition) is 6. The van der Waals surface area contributed by atoms with Crippen LogP contribution in [0.4, 0.5) is 0 Å². The average Bonchev–Trinajstić information content (AvgIpc) is 2.20. The van der Waals surface area contributed by atoms with Gasteiger partial charge in [0.25, 0.3) is 5.09 Å². The normalized spacial score (nSPS) is 11.6. The molecule has 0 amide bonds. The molecule has 0 fully saturated rings. The molecule has 0 spiro atoms. The number of halogens is 1. The molecule has 0 aliphatic rings. The van der Waals surface area contributed by atoms with E-state index in [1.165, 1.54) is 0 Å². The number of nitrogens with two attached hydrogens (primary N) is 1. The Bertz CT molecular complexity index is 250. The first-order valence-electron chi connectivity index (χ1n) is 5.60. The van der Waals surface area contributed by atoms with Crippen LogP contribution in [0.15, 0.2) is 0 Å². The maximum absolute atomic E-state index is 11.2. The zero-order chi connectivity index (χ0) is 13.3. The summed E-state index contributed by atoms with van der Waals surface area (Å²) in [5.74, 6) is 0.0494. The Hall–Kier alpha value is -1.08. The Balaban J connectivity index is 0. The van der Waals surface area contributed by atoms with Gasteiger partial charge in [-0.1, -0.05) is 13.8 Å². The minimum atomic E-state index is -0.885. The van der Waals surface area contributed by atoms with Gasteiger partial charge < -0.3 is 15.3 Å². The van der Waals surface area contributed by atoms with Gasteiger partial charge in [-0.2, -0.15) is 0 Å². The van der Waals surface area contributed by atoms with E-state index in [1.54, 1.807) is 0 Å². The van der Waals surface area contributed by atoms with Gasteiger partial charge in [-0.25, -0.2) is 0 Å². The molecule has 7 nitrogen and oxygen atoms in total. The SMILES string of the molecule is CC(C)CC(N)COC(=O)CCCO[N+](=O)[O-].Cl. The molecule has 0 aromatic heterocycles. The number of ether oxygens (including phenoxy) is 1. The number of rotatable bonds is 9. The Kier molecular flexibility index (Phi) is 11.8. The predicted molar refractivity (Wildman–Crippen MR) is 67.8 cm³/mol. The van der Waals surface area contributed by atoms with Gasteiger partial charge in [-0.3, -0.25) is 4.79 Å². The second-order valence-electron chi connectivity index (χ2n) is 4.23. The maximum Gasteiger partial charge on any atom is 0.305 e. The third-order valence-electron chi connectivity index (χ3n) is 1.95. The summed E-state index contributed by atoms with van der Waals surface area (Å²) in [7, 11) is 0. The van der Waals surface area contributed by atoms with Crippen molar-refractivity contribution in [3.05, 3.63) is 10.1 Å². The van der Waals surface area contributed by atoms with Crippen LogP contribution in [-0.2, 0) is 14.4 Å². The Morgan fingerprint density at radius 2 is 2.06 bits per heavy atom. The average molecular weight is 285 g/mol. The topological polar surface area (TPSA) is 105 Å². The van der Waals surface area contributed by atoms with E-state index in [0.29, 0.717) is 5.92 Å². The number of carbonyl (C=O) groups is 1.